The number of nitrogens with one attached hydrogen (secondary N) is 1. The van der Waals surface area contributed by atoms with Crippen molar-refractivity contribution in [2.75, 3.05) is 26.2 Å². The van der Waals surface area contributed by atoms with E-state index in [1.54, 1.807) is 13.1 Å². The number of benzene rings is 2. The van der Waals surface area contributed by atoms with Gasteiger partial charge in [-0.05, 0) is 25.0 Å². The molecule has 1 amide bonds. The van der Waals surface area contributed by atoms with Crippen molar-refractivity contribution in [3.63, 3.8) is 0 Å². The van der Waals surface area contributed by atoms with Gasteiger partial charge in [0, 0.05) is 5.56 Å². The third-order valence-corrected chi connectivity index (χ3v) is 5.03. The highest BCUT2D eigenvalue weighted by Gasteiger charge is 2.27. The third-order valence-electron chi connectivity index (χ3n) is 5.03. The van der Waals surface area contributed by atoms with E-state index in [0.29, 0.717) is 0 Å². The Hall–Kier alpha value is -2.66. The van der Waals surface area contributed by atoms with Crippen LogP contribution in [0.1, 0.15) is 23.6 Å². The third kappa shape index (κ3) is 5.41. The van der Waals surface area contributed by atoms with Crippen LogP contribution in [0.4, 0.5) is 0 Å². The molecule has 0 spiro atoms. The molecule has 0 aromatic heterocycles. The number of rotatable bonds is 6. The number of oxime groups is 1. The van der Waals surface area contributed by atoms with Gasteiger partial charge in [0.05, 0.1) is 32.4 Å². The maximum atomic E-state index is 12.6. The molecule has 0 saturated carbocycles. The summed E-state index contributed by atoms with van der Waals surface area (Å²) in [7, 11) is 0. The molecule has 3 rings (SSSR count). The minimum Gasteiger partial charge on any atom is -0.383 e. The second-order valence-corrected chi connectivity index (χ2v) is 7.08. The zero-order valence-corrected chi connectivity index (χ0v) is 16.1. The number of aryl methyl sites for hydroxylation is 1. The van der Waals surface area contributed by atoms with Gasteiger partial charge in [0.2, 0.25) is 6.10 Å². The lowest BCUT2D eigenvalue weighted by molar-refractivity contribution is -0.917. The maximum absolute atomic E-state index is 12.6. The molecular formula is C22H28N3O2+. The fraction of sp³-hybridized carbons (Fsp3) is 0.364. The summed E-state index contributed by atoms with van der Waals surface area (Å²) in [6.45, 7) is 8.23. The zero-order chi connectivity index (χ0) is 19.1. The minimum atomic E-state index is -0.569. The van der Waals surface area contributed by atoms with Gasteiger partial charge in [0.25, 0.3) is 5.91 Å². The molecule has 0 unspecified atom stereocenters. The molecule has 1 heterocycles. The van der Waals surface area contributed by atoms with Gasteiger partial charge < -0.3 is 14.6 Å². The monoisotopic (exact) mass is 366 g/mol. The normalized spacial score (nSPS) is 16.4. The summed E-state index contributed by atoms with van der Waals surface area (Å²) in [4.78, 5) is 21.4. The van der Waals surface area contributed by atoms with Crippen LogP contribution in [0.15, 0.2) is 59.8 Å². The Morgan fingerprint density at radius 3 is 2.52 bits per heavy atom. The summed E-state index contributed by atoms with van der Waals surface area (Å²) in [5.41, 5.74) is 3.46. The van der Waals surface area contributed by atoms with E-state index in [9.17, 15) is 4.79 Å². The topological polar surface area (TPSA) is 46.3 Å². The maximum Gasteiger partial charge on any atom is 0.266 e. The van der Waals surface area contributed by atoms with E-state index < -0.39 is 6.10 Å². The molecule has 1 aliphatic rings. The highest BCUT2D eigenvalue weighted by atomic mass is 16.6. The first-order valence-corrected chi connectivity index (χ1v) is 9.54. The second-order valence-electron chi connectivity index (χ2n) is 7.08. The molecule has 0 radical (unpaired) electrons. The predicted molar refractivity (Wildman–Crippen MR) is 107 cm³/mol. The van der Waals surface area contributed by atoms with Crippen molar-refractivity contribution in [2.45, 2.75) is 26.5 Å². The molecule has 0 aliphatic carbocycles. The first kappa shape index (κ1) is 19.1. The van der Waals surface area contributed by atoms with E-state index in [0.717, 1.165) is 43.9 Å². The summed E-state index contributed by atoms with van der Waals surface area (Å²) < 4.78 is 0. The molecule has 1 aliphatic heterocycles. The van der Waals surface area contributed by atoms with Crippen molar-refractivity contribution in [1.29, 1.82) is 0 Å². The summed E-state index contributed by atoms with van der Waals surface area (Å²) in [5.74, 6) is 0.00990. The van der Waals surface area contributed by atoms with Gasteiger partial charge in [-0.15, -0.1) is 0 Å². The van der Waals surface area contributed by atoms with E-state index in [1.165, 1.54) is 10.5 Å². The number of amides is 1. The van der Waals surface area contributed by atoms with Gasteiger partial charge in [-0.1, -0.05) is 59.8 Å². The zero-order valence-electron chi connectivity index (χ0n) is 16.1. The standard InChI is InChI=1S/C22H27N3O2/c1-18-8-6-7-11-21(18)16-23-27-19(2)22(26)25-14-12-24(13-15-25)17-20-9-4-3-5-10-20/h3-11,16,19H,12-15,17H2,1-2H3/p+1/b23-16-/t19-/m0/s1. The van der Waals surface area contributed by atoms with Crippen molar-refractivity contribution in [3.8, 4) is 0 Å². The molecule has 1 saturated heterocycles. The van der Waals surface area contributed by atoms with Crippen molar-refractivity contribution < 1.29 is 14.5 Å². The Balaban J connectivity index is 1.45. The SMILES string of the molecule is Cc1ccccc1/C=N\O[C@@H](C)C(=O)N1CC[NH+](Cc2ccccc2)CC1. The van der Waals surface area contributed by atoms with Gasteiger partial charge in [-0.3, -0.25) is 4.79 Å². The van der Waals surface area contributed by atoms with Crippen LogP contribution in [0.2, 0.25) is 0 Å². The summed E-state index contributed by atoms with van der Waals surface area (Å²) >= 11 is 0. The Morgan fingerprint density at radius 1 is 1.15 bits per heavy atom. The fourth-order valence-corrected chi connectivity index (χ4v) is 3.32. The predicted octanol–water partition coefficient (Wildman–Crippen LogP) is 1.66. The van der Waals surface area contributed by atoms with Crippen LogP contribution >= 0.6 is 0 Å². The van der Waals surface area contributed by atoms with Gasteiger partial charge >= 0.3 is 0 Å². The Bertz CT molecular complexity index is 768. The molecule has 0 bridgehead atoms. The van der Waals surface area contributed by atoms with Crippen LogP contribution in [-0.2, 0) is 16.2 Å². The van der Waals surface area contributed by atoms with Crippen molar-refractivity contribution in [2.24, 2.45) is 5.16 Å². The van der Waals surface area contributed by atoms with Crippen molar-refractivity contribution in [3.05, 3.63) is 71.3 Å². The lowest BCUT2D eigenvalue weighted by Gasteiger charge is -2.33. The lowest BCUT2D eigenvalue weighted by atomic mass is 10.1. The average Bonchev–Trinajstić information content (AvgIpc) is 2.70. The number of carbonyl (C=O) groups is 1. The molecule has 1 fully saturated rings. The molecule has 2 aromatic carbocycles. The molecule has 27 heavy (non-hydrogen) atoms. The Labute approximate surface area is 161 Å². The van der Waals surface area contributed by atoms with Crippen LogP contribution in [0.3, 0.4) is 0 Å². The first-order chi connectivity index (χ1) is 13.1. The lowest BCUT2D eigenvalue weighted by Crippen LogP contribution is -3.13. The highest BCUT2D eigenvalue weighted by molar-refractivity contribution is 5.82. The highest BCUT2D eigenvalue weighted by Crippen LogP contribution is 2.05. The van der Waals surface area contributed by atoms with E-state index >= 15 is 0 Å². The van der Waals surface area contributed by atoms with E-state index in [1.807, 2.05) is 42.2 Å². The number of carbonyl (C=O) groups excluding carboxylic acids is 1. The number of quaternary nitrogens is 1. The molecule has 142 valence electrons. The van der Waals surface area contributed by atoms with Crippen molar-refractivity contribution in [1.82, 2.24) is 4.90 Å². The van der Waals surface area contributed by atoms with Crippen LogP contribution in [0.25, 0.3) is 0 Å². The quantitative estimate of drug-likeness (QED) is 0.624. The Kier molecular flexibility index (Phi) is 6.60. The average molecular weight is 366 g/mol. The fourth-order valence-electron chi connectivity index (χ4n) is 3.32. The van der Waals surface area contributed by atoms with E-state index in [2.05, 4.69) is 29.4 Å². The molecule has 5 nitrogen and oxygen atoms in total. The van der Waals surface area contributed by atoms with E-state index in [-0.39, 0.29) is 5.91 Å². The summed E-state index contributed by atoms with van der Waals surface area (Å²) in [5, 5.41) is 4.01. The Morgan fingerprint density at radius 2 is 1.81 bits per heavy atom. The number of nitrogens with zero attached hydrogens (tertiary/aromatic N) is 2. The van der Waals surface area contributed by atoms with Crippen LogP contribution in [-0.4, -0.2) is 49.3 Å². The molecular weight excluding hydrogens is 338 g/mol. The number of hydrogen-bond acceptors (Lipinski definition) is 3. The van der Waals surface area contributed by atoms with E-state index in [4.69, 9.17) is 4.84 Å². The first-order valence-electron chi connectivity index (χ1n) is 9.54. The summed E-state index contributed by atoms with van der Waals surface area (Å²) in [6, 6.07) is 18.4. The molecule has 2 aromatic rings. The van der Waals surface area contributed by atoms with Gasteiger partial charge in [-0.25, -0.2) is 0 Å². The molecule has 1 N–H and O–H groups in total. The summed E-state index contributed by atoms with van der Waals surface area (Å²) in [6.07, 6.45) is 1.10. The molecule has 1 atom stereocenters. The smallest absolute Gasteiger partial charge is 0.266 e. The largest absolute Gasteiger partial charge is 0.383 e. The number of piperazine rings is 1. The van der Waals surface area contributed by atoms with Gasteiger partial charge in [-0.2, -0.15) is 0 Å². The molecule has 5 heteroatoms. The minimum absolute atomic E-state index is 0.00990. The van der Waals surface area contributed by atoms with Crippen LogP contribution < -0.4 is 4.90 Å². The van der Waals surface area contributed by atoms with Gasteiger partial charge in [0.15, 0.2) is 0 Å². The number of hydrogen-bond donors (Lipinski definition) is 1. The van der Waals surface area contributed by atoms with Crippen LogP contribution in [0.5, 0.6) is 0 Å². The van der Waals surface area contributed by atoms with Crippen molar-refractivity contribution >= 4 is 12.1 Å². The van der Waals surface area contributed by atoms with Crippen LogP contribution in [0, 0.1) is 6.92 Å². The second kappa shape index (κ2) is 9.33. The van der Waals surface area contributed by atoms with Gasteiger partial charge in [0.1, 0.15) is 6.54 Å².